The van der Waals surface area contributed by atoms with Gasteiger partial charge in [-0.1, -0.05) is 177 Å². The molecule has 2 radical (unpaired) electrons. The van der Waals surface area contributed by atoms with Gasteiger partial charge < -0.3 is 19.9 Å². The van der Waals surface area contributed by atoms with Crippen molar-refractivity contribution in [3.05, 3.63) is 193 Å². The summed E-state index contributed by atoms with van der Waals surface area (Å²) in [6, 6.07) is 60.3. The summed E-state index contributed by atoms with van der Waals surface area (Å²) in [6.45, 7) is 35.3. The molecule has 0 saturated carbocycles. The van der Waals surface area contributed by atoms with Crippen molar-refractivity contribution < 1.29 is 40.2 Å². The molecule has 2 aliphatic rings. The Bertz CT molecular complexity index is 3080. The normalized spacial score (nSPS) is 14.0. The SMILES string of the molecule is CC(C)Cc1cc(-c2[c-]cccc2)ncc1[Si](C)(C)C.CC(C)Cc1cc(-c2[c-]cccc2)ncc1[Si](C)(C)C.CC(C)Cc1cc(-c2[c-]cccc2)ncc1[Si]1(C)CCC1.Cc1cc(-c2[c-]cccc2)ncc1[Si]1(C)CCC1.[Ir].[Ir]. The monoisotopic (exact) mass is 1500 g/mol. The number of rotatable bonds is 14. The van der Waals surface area contributed by atoms with Gasteiger partial charge in [0, 0.05) is 65.0 Å². The second-order valence-corrected chi connectivity index (χ2v) is 45.7. The van der Waals surface area contributed by atoms with Gasteiger partial charge in [0.25, 0.3) is 0 Å². The van der Waals surface area contributed by atoms with Gasteiger partial charge >= 0.3 is 0 Å². The van der Waals surface area contributed by atoms with Gasteiger partial charge in [-0.25, -0.2) is 0 Å². The maximum atomic E-state index is 4.77. The number of pyridine rings is 4. The van der Waals surface area contributed by atoms with E-state index in [1.165, 1.54) is 70.5 Å². The molecule has 4 aromatic heterocycles. The van der Waals surface area contributed by atoms with Crippen molar-refractivity contribution in [2.24, 2.45) is 17.8 Å². The van der Waals surface area contributed by atoms with Gasteiger partial charge in [0.2, 0.25) is 0 Å². The summed E-state index contributed by atoms with van der Waals surface area (Å²) in [5.74, 6) is 2.02. The Hall–Kier alpha value is -4.35. The van der Waals surface area contributed by atoms with Gasteiger partial charge in [-0.2, -0.15) is 0 Å². The van der Waals surface area contributed by atoms with Crippen LogP contribution in [0, 0.1) is 48.9 Å². The summed E-state index contributed by atoms with van der Waals surface area (Å²) in [4.78, 5) is 18.8. The van der Waals surface area contributed by atoms with E-state index < -0.39 is 32.3 Å². The first-order chi connectivity index (χ1) is 37.5. The molecule has 0 unspecified atom stereocenters. The number of hydrogen-bond donors (Lipinski definition) is 0. The first-order valence-corrected chi connectivity index (χ1v) is 42.2. The molecule has 0 bridgehead atoms. The molecule has 8 aromatic rings. The fourth-order valence-corrected chi connectivity index (χ4v) is 21.0. The van der Waals surface area contributed by atoms with Crippen molar-refractivity contribution in [3.8, 4) is 45.0 Å². The van der Waals surface area contributed by atoms with Crippen LogP contribution >= 0.6 is 0 Å². The molecule has 4 aromatic carbocycles. The number of aryl methyl sites for hydroxylation is 1. The van der Waals surface area contributed by atoms with Gasteiger partial charge in [0.1, 0.15) is 0 Å². The number of hydrogen-bond acceptors (Lipinski definition) is 4. The largest absolute Gasteiger partial charge is 0.305 e. The van der Waals surface area contributed by atoms with Gasteiger partial charge in [-0.05, 0) is 87.5 Å². The molecule has 6 heterocycles. The molecule has 2 aliphatic heterocycles. The quantitative estimate of drug-likeness (QED) is 0.0804. The summed E-state index contributed by atoms with van der Waals surface area (Å²) in [5.41, 5.74) is 14.5. The Morgan fingerprint density at radius 3 is 1.00 bits per heavy atom. The molecule has 0 N–H and O–H groups in total. The first-order valence-electron chi connectivity index (χ1n) is 29.4. The molecule has 10 rings (SSSR count). The van der Waals surface area contributed by atoms with Crippen LogP contribution in [0.5, 0.6) is 0 Å². The van der Waals surface area contributed by atoms with Crippen LogP contribution in [-0.2, 0) is 59.5 Å². The van der Waals surface area contributed by atoms with Crippen molar-refractivity contribution in [2.75, 3.05) is 0 Å². The Morgan fingerprint density at radius 1 is 0.420 bits per heavy atom. The predicted molar refractivity (Wildman–Crippen MR) is 351 cm³/mol. The van der Waals surface area contributed by atoms with Crippen LogP contribution in [0.4, 0.5) is 0 Å². The van der Waals surface area contributed by atoms with E-state index in [0.29, 0.717) is 17.8 Å². The average Bonchev–Trinajstić information content (AvgIpc) is 3.46. The van der Waals surface area contributed by atoms with E-state index in [0.717, 1.165) is 57.9 Å². The summed E-state index contributed by atoms with van der Waals surface area (Å²) in [5, 5.41) is 6.16. The summed E-state index contributed by atoms with van der Waals surface area (Å²) < 4.78 is 0. The second-order valence-electron chi connectivity index (χ2n) is 26.3. The zero-order valence-electron chi connectivity index (χ0n) is 51.4. The third kappa shape index (κ3) is 18.8. The molecular weight excluding hydrogens is 1410 g/mol. The molecular formula is C71H90Ir2N4Si4-4. The van der Waals surface area contributed by atoms with E-state index in [9.17, 15) is 0 Å². The minimum Gasteiger partial charge on any atom is -0.305 e. The zero-order chi connectivity index (χ0) is 57.0. The second kappa shape index (κ2) is 30.5. The minimum absolute atomic E-state index is 0. The van der Waals surface area contributed by atoms with Crippen LogP contribution in [0.1, 0.15) is 76.6 Å². The van der Waals surface area contributed by atoms with Crippen LogP contribution in [0.15, 0.2) is 146 Å². The third-order valence-electron chi connectivity index (χ3n) is 15.7. The van der Waals surface area contributed by atoms with E-state index in [-0.39, 0.29) is 40.2 Å². The Balaban J connectivity index is 0.000000197. The summed E-state index contributed by atoms with van der Waals surface area (Å²) >= 11 is 0. The molecule has 0 aliphatic carbocycles. The zero-order valence-corrected chi connectivity index (χ0v) is 60.2. The standard InChI is InChI=1S/C19H24NSi.2C18H24NSi.C16H18NSi.2Ir/c1-15(2)12-17-13-18(16-8-5-4-6-9-16)20-14-19(17)21(3)10-7-11-21;2*1-14(2)11-16-12-17(15-9-7-6-8-10-15)19-13-18(16)20(3,4)5;1-13-11-15(14-7-4-3-5-8-14)17-12-16(13)18(2)9-6-10-18;;/h4-6,8,13-15H,7,10-12H2,1-3H3;2*6-9,12-14H,11H2,1-5H3;3-5,7,11-12H,6,9-10H2,1-2H3;;/q4*-1;;. The van der Waals surface area contributed by atoms with Crippen molar-refractivity contribution in [2.45, 2.75) is 157 Å². The number of nitrogens with zero attached hydrogens (tertiary/aromatic N) is 4. The Morgan fingerprint density at radius 2 is 0.716 bits per heavy atom. The molecule has 0 amide bonds. The molecule has 0 atom stereocenters. The van der Waals surface area contributed by atoms with Crippen molar-refractivity contribution >= 4 is 53.0 Å². The maximum Gasteiger partial charge on any atom is 0.0859 e. The van der Waals surface area contributed by atoms with Crippen molar-refractivity contribution in [3.63, 3.8) is 0 Å². The van der Waals surface area contributed by atoms with E-state index in [2.05, 4.69) is 219 Å². The molecule has 0 spiro atoms. The third-order valence-corrected chi connectivity index (χ3v) is 29.3. The molecule has 2 fully saturated rings. The summed E-state index contributed by atoms with van der Waals surface area (Å²) in [6.07, 6.45) is 14.8. The van der Waals surface area contributed by atoms with Crippen LogP contribution < -0.4 is 20.7 Å². The number of aromatic nitrogens is 4. The predicted octanol–water partition coefficient (Wildman–Crippen LogP) is 16.6. The minimum atomic E-state index is -1.34. The van der Waals surface area contributed by atoms with Crippen LogP contribution in [0.2, 0.25) is 76.6 Å². The van der Waals surface area contributed by atoms with Crippen LogP contribution in [0.25, 0.3) is 45.0 Å². The van der Waals surface area contributed by atoms with E-state index in [4.69, 9.17) is 4.98 Å². The molecule has 2 saturated heterocycles. The van der Waals surface area contributed by atoms with Crippen molar-refractivity contribution in [1.82, 2.24) is 19.9 Å². The van der Waals surface area contributed by atoms with E-state index in [1.54, 1.807) is 15.9 Å². The topological polar surface area (TPSA) is 51.6 Å². The van der Waals surface area contributed by atoms with Crippen molar-refractivity contribution in [1.29, 1.82) is 0 Å². The molecule has 81 heavy (non-hydrogen) atoms. The number of benzene rings is 4. The van der Waals surface area contributed by atoms with Gasteiger partial charge in [-0.3, -0.25) is 0 Å². The maximum absolute atomic E-state index is 4.77. The van der Waals surface area contributed by atoms with Crippen LogP contribution in [0.3, 0.4) is 0 Å². The van der Waals surface area contributed by atoms with Gasteiger partial charge in [0.15, 0.2) is 0 Å². The van der Waals surface area contributed by atoms with Gasteiger partial charge in [-0.15, -0.1) is 144 Å². The Kier molecular flexibility index (Phi) is 25.4. The first kappa shape index (κ1) is 67.4. The fourth-order valence-electron chi connectivity index (χ4n) is 11.2. The summed E-state index contributed by atoms with van der Waals surface area (Å²) in [7, 11) is -4.98. The molecule has 4 nitrogen and oxygen atoms in total. The van der Waals surface area contributed by atoms with E-state index in [1.807, 2.05) is 66.7 Å². The molecule has 10 heteroatoms. The Labute approximate surface area is 521 Å². The average molecular weight is 1500 g/mol. The fraction of sp³-hybridized carbons (Fsp3) is 0.380. The smallest absolute Gasteiger partial charge is 0.0859 e. The van der Waals surface area contributed by atoms with Crippen LogP contribution in [-0.4, -0.2) is 52.2 Å². The van der Waals surface area contributed by atoms with Gasteiger partial charge in [0.05, 0.1) is 32.3 Å². The van der Waals surface area contributed by atoms with E-state index >= 15 is 0 Å². The molecule has 432 valence electrons.